The van der Waals surface area contributed by atoms with Crippen LogP contribution in [-0.2, 0) is 16.0 Å². The Balaban J connectivity index is 1.72. The van der Waals surface area contributed by atoms with Gasteiger partial charge >= 0.3 is 5.97 Å². The molecule has 19 heavy (non-hydrogen) atoms. The van der Waals surface area contributed by atoms with Gasteiger partial charge in [-0.2, -0.15) is 0 Å². The standard InChI is InChI=1S/C15H22N2O2/c1-2-17-10-5-6-13(12-17)15(18)19-11-8-14-7-3-4-9-16-14/h3-4,7,9,13H,2,5-6,8,10-12H2,1H3/t13-/m0/s1. The van der Waals surface area contributed by atoms with Crippen LogP contribution in [0.5, 0.6) is 0 Å². The number of carbonyl (C=O) groups is 1. The minimum atomic E-state index is -0.0471. The third-order valence-electron chi connectivity index (χ3n) is 3.61. The quantitative estimate of drug-likeness (QED) is 0.760. The summed E-state index contributed by atoms with van der Waals surface area (Å²) >= 11 is 0. The average Bonchev–Trinajstić information content (AvgIpc) is 2.48. The molecule has 0 aromatic carbocycles. The first-order chi connectivity index (χ1) is 9.29. The zero-order valence-corrected chi connectivity index (χ0v) is 11.5. The molecule has 104 valence electrons. The molecule has 0 amide bonds. The van der Waals surface area contributed by atoms with Gasteiger partial charge in [-0.3, -0.25) is 9.78 Å². The highest BCUT2D eigenvalue weighted by atomic mass is 16.5. The zero-order valence-electron chi connectivity index (χ0n) is 11.5. The van der Waals surface area contributed by atoms with Crippen molar-refractivity contribution in [1.82, 2.24) is 9.88 Å². The highest BCUT2D eigenvalue weighted by molar-refractivity contribution is 5.72. The van der Waals surface area contributed by atoms with Gasteiger partial charge in [-0.1, -0.05) is 13.0 Å². The molecule has 0 radical (unpaired) electrons. The Labute approximate surface area is 114 Å². The molecule has 2 heterocycles. The van der Waals surface area contributed by atoms with E-state index < -0.39 is 0 Å². The number of carbonyl (C=O) groups excluding carboxylic acids is 1. The highest BCUT2D eigenvalue weighted by Gasteiger charge is 2.25. The van der Waals surface area contributed by atoms with Crippen molar-refractivity contribution in [2.75, 3.05) is 26.2 Å². The SMILES string of the molecule is CCN1CCC[C@H](C(=O)OCCc2ccccn2)C1. The summed E-state index contributed by atoms with van der Waals surface area (Å²) in [6, 6.07) is 5.79. The van der Waals surface area contributed by atoms with Gasteiger partial charge in [0.15, 0.2) is 0 Å². The van der Waals surface area contributed by atoms with E-state index in [1.54, 1.807) is 6.20 Å². The predicted octanol–water partition coefficient (Wildman–Crippen LogP) is 1.90. The highest BCUT2D eigenvalue weighted by Crippen LogP contribution is 2.17. The van der Waals surface area contributed by atoms with Crippen molar-refractivity contribution in [1.29, 1.82) is 0 Å². The molecule has 1 atom stereocenters. The average molecular weight is 262 g/mol. The summed E-state index contributed by atoms with van der Waals surface area (Å²) in [7, 11) is 0. The third kappa shape index (κ3) is 4.31. The van der Waals surface area contributed by atoms with Crippen molar-refractivity contribution >= 4 is 5.97 Å². The van der Waals surface area contributed by atoms with Crippen molar-refractivity contribution in [2.45, 2.75) is 26.2 Å². The van der Waals surface area contributed by atoms with Gasteiger partial charge < -0.3 is 9.64 Å². The maximum atomic E-state index is 12.0. The topological polar surface area (TPSA) is 42.4 Å². The lowest BCUT2D eigenvalue weighted by atomic mass is 9.98. The van der Waals surface area contributed by atoms with Crippen LogP contribution in [0, 0.1) is 5.92 Å². The fourth-order valence-electron chi connectivity index (χ4n) is 2.46. The molecular weight excluding hydrogens is 240 g/mol. The molecule has 1 aliphatic heterocycles. The fourth-order valence-corrected chi connectivity index (χ4v) is 2.46. The molecule has 0 aliphatic carbocycles. The Hall–Kier alpha value is -1.42. The summed E-state index contributed by atoms with van der Waals surface area (Å²) in [5.41, 5.74) is 0.967. The van der Waals surface area contributed by atoms with Gasteiger partial charge in [0.05, 0.1) is 12.5 Å². The summed E-state index contributed by atoms with van der Waals surface area (Å²) in [4.78, 5) is 18.5. The number of nitrogens with zero attached hydrogens (tertiary/aromatic N) is 2. The molecular formula is C15H22N2O2. The van der Waals surface area contributed by atoms with Crippen LogP contribution in [-0.4, -0.2) is 42.1 Å². The van der Waals surface area contributed by atoms with E-state index in [9.17, 15) is 4.79 Å². The van der Waals surface area contributed by atoms with Gasteiger partial charge in [0.25, 0.3) is 0 Å². The van der Waals surface area contributed by atoms with Crippen molar-refractivity contribution < 1.29 is 9.53 Å². The van der Waals surface area contributed by atoms with Crippen molar-refractivity contribution in [3.05, 3.63) is 30.1 Å². The van der Waals surface area contributed by atoms with Gasteiger partial charge in [0, 0.05) is 24.9 Å². The summed E-state index contributed by atoms with van der Waals surface area (Å²) in [5.74, 6) is 0.00603. The molecule has 2 rings (SSSR count). The molecule has 0 N–H and O–H groups in total. The van der Waals surface area contributed by atoms with Gasteiger partial charge in [-0.25, -0.2) is 0 Å². The molecule has 1 saturated heterocycles. The van der Waals surface area contributed by atoms with E-state index in [1.807, 2.05) is 18.2 Å². The van der Waals surface area contributed by atoms with Gasteiger partial charge in [-0.15, -0.1) is 0 Å². The zero-order chi connectivity index (χ0) is 13.5. The van der Waals surface area contributed by atoms with Crippen LogP contribution in [0.3, 0.4) is 0 Å². The Morgan fingerprint density at radius 2 is 2.42 bits per heavy atom. The van der Waals surface area contributed by atoms with E-state index in [-0.39, 0.29) is 11.9 Å². The molecule has 0 spiro atoms. The third-order valence-corrected chi connectivity index (χ3v) is 3.61. The summed E-state index contributed by atoms with van der Waals surface area (Å²) < 4.78 is 5.37. The Kier molecular flexibility index (Phi) is 5.33. The normalized spacial score (nSPS) is 20.2. The number of rotatable bonds is 5. The van der Waals surface area contributed by atoms with Crippen LogP contribution in [0.1, 0.15) is 25.5 Å². The maximum absolute atomic E-state index is 12.0. The monoisotopic (exact) mass is 262 g/mol. The van der Waals surface area contributed by atoms with Gasteiger partial charge in [-0.05, 0) is 38.1 Å². The first-order valence-corrected chi connectivity index (χ1v) is 7.08. The molecule has 4 heteroatoms. The van der Waals surface area contributed by atoms with Crippen molar-refractivity contribution in [2.24, 2.45) is 5.92 Å². The summed E-state index contributed by atoms with van der Waals surface area (Å²) in [6.07, 6.45) is 4.50. The number of pyridine rings is 1. The lowest BCUT2D eigenvalue weighted by molar-refractivity contribution is -0.150. The minimum Gasteiger partial charge on any atom is -0.465 e. The van der Waals surface area contributed by atoms with E-state index in [0.29, 0.717) is 13.0 Å². The molecule has 4 nitrogen and oxygen atoms in total. The first kappa shape index (κ1) is 14.0. The number of aromatic nitrogens is 1. The van der Waals surface area contributed by atoms with E-state index in [1.165, 1.54) is 0 Å². The van der Waals surface area contributed by atoms with E-state index in [2.05, 4.69) is 16.8 Å². The van der Waals surface area contributed by atoms with E-state index in [0.717, 1.165) is 38.2 Å². The second-order valence-corrected chi connectivity index (χ2v) is 4.97. The van der Waals surface area contributed by atoms with Crippen LogP contribution in [0.15, 0.2) is 24.4 Å². The lowest BCUT2D eigenvalue weighted by Gasteiger charge is -2.30. The Morgan fingerprint density at radius 1 is 1.53 bits per heavy atom. The van der Waals surface area contributed by atoms with Crippen LogP contribution in [0.2, 0.25) is 0 Å². The predicted molar refractivity (Wildman–Crippen MR) is 73.7 cm³/mol. The van der Waals surface area contributed by atoms with Gasteiger partial charge in [0.2, 0.25) is 0 Å². The van der Waals surface area contributed by atoms with E-state index in [4.69, 9.17) is 4.74 Å². The largest absolute Gasteiger partial charge is 0.465 e. The summed E-state index contributed by atoms with van der Waals surface area (Å²) in [6.45, 7) is 5.53. The molecule has 1 aliphatic rings. The number of ether oxygens (including phenoxy) is 1. The second-order valence-electron chi connectivity index (χ2n) is 4.97. The Bertz CT molecular complexity index is 394. The molecule has 1 aromatic heterocycles. The first-order valence-electron chi connectivity index (χ1n) is 7.08. The Morgan fingerprint density at radius 3 is 3.16 bits per heavy atom. The molecule has 1 fully saturated rings. The number of esters is 1. The van der Waals surface area contributed by atoms with Crippen LogP contribution in [0.4, 0.5) is 0 Å². The maximum Gasteiger partial charge on any atom is 0.310 e. The minimum absolute atomic E-state index is 0.0471. The molecule has 0 unspecified atom stereocenters. The van der Waals surface area contributed by atoms with Gasteiger partial charge in [0.1, 0.15) is 0 Å². The number of likely N-dealkylation sites (tertiary alicyclic amines) is 1. The van der Waals surface area contributed by atoms with Crippen LogP contribution < -0.4 is 0 Å². The molecule has 1 aromatic rings. The summed E-state index contributed by atoms with van der Waals surface area (Å²) in [5, 5.41) is 0. The van der Waals surface area contributed by atoms with E-state index >= 15 is 0 Å². The fraction of sp³-hybridized carbons (Fsp3) is 0.600. The molecule has 0 saturated carbocycles. The number of hydrogen-bond acceptors (Lipinski definition) is 4. The van der Waals surface area contributed by atoms with Crippen molar-refractivity contribution in [3.63, 3.8) is 0 Å². The van der Waals surface area contributed by atoms with Crippen LogP contribution >= 0.6 is 0 Å². The second kappa shape index (κ2) is 7.24. The smallest absolute Gasteiger partial charge is 0.310 e. The van der Waals surface area contributed by atoms with Crippen molar-refractivity contribution in [3.8, 4) is 0 Å². The number of piperidine rings is 1. The van der Waals surface area contributed by atoms with Crippen LogP contribution in [0.25, 0.3) is 0 Å². The number of hydrogen-bond donors (Lipinski definition) is 0. The lowest BCUT2D eigenvalue weighted by Crippen LogP contribution is -2.39. The molecule has 0 bridgehead atoms.